The number of hydrogen-bond acceptors (Lipinski definition) is 3. The quantitative estimate of drug-likeness (QED) is 0.722. The van der Waals surface area contributed by atoms with Crippen molar-refractivity contribution in [2.24, 2.45) is 17.8 Å². The zero-order chi connectivity index (χ0) is 12.4. The molecule has 0 amide bonds. The van der Waals surface area contributed by atoms with Gasteiger partial charge in [-0.3, -0.25) is 4.79 Å². The Morgan fingerprint density at radius 3 is 2.88 bits per heavy atom. The highest BCUT2D eigenvalue weighted by Crippen LogP contribution is 2.47. The van der Waals surface area contributed by atoms with Gasteiger partial charge in [-0.2, -0.15) is 0 Å². The summed E-state index contributed by atoms with van der Waals surface area (Å²) in [4.78, 5) is 11.3. The third-order valence-corrected chi connectivity index (χ3v) is 3.99. The molecule has 0 aromatic carbocycles. The molecule has 2 aliphatic rings. The number of carbonyl (C=O) groups excluding carboxylic acids is 1. The zero-order valence-corrected chi connectivity index (χ0v) is 10.2. The van der Waals surface area contributed by atoms with E-state index in [9.17, 15) is 15.0 Å². The smallest absolute Gasteiger partial charge is 0.136 e. The molecular weight excluding hydrogens is 216 g/mol. The maximum Gasteiger partial charge on any atom is 0.136 e. The van der Waals surface area contributed by atoms with Crippen LogP contribution in [0.3, 0.4) is 0 Å². The largest absolute Gasteiger partial charge is 0.392 e. The summed E-state index contributed by atoms with van der Waals surface area (Å²) in [6, 6.07) is 0. The van der Waals surface area contributed by atoms with Gasteiger partial charge in [-0.05, 0) is 18.8 Å². The Balaban J connectivity index is 1.90. The van der Waals surface area contributed by atoms with Gasteiger partial charge < -0.3 is 10.2 Å². The minimum Gasteiger partial charge on any atom is -0.392 e. The molecule has 3 nitrogen and oxygen atoms in total. The van der Waals surface area contributed by atoms with Crippen molar-refractivity contribution >= 4 is 5.78 Å². The predicted octanol–water partition coefficient (Wildman–Crippen LogP) is 1.13. The van der Waals surface area contributed by atoms with E-state index in [-0.39, 0.29) is 23.5 Å². The molecule has 0 heterocycles. The predicted molar refractivity (Wildman–Crippen MR) is 64.0 cm³/mol. The van der Waals surface area contributed by atoms with Gasteiger partial charge in [0.05, 0.1) is 12.0 Å². The molecule has 2 saturated carbocycles. The number of carbonyl (C=O) groups is 1. The number of aliphatic hydroxyl groups excluding tert-OH is 2. The average Bonchev–Trinajstić information content (AvgIpc) is 2.56. The van der Waals surface area contributed by atoms with E-state index >= 15 is 0 Å². The molecule has 0 spiro atoms. The van der Waals surface area contributed by atoms with E-state index < -0.39 is 12.2 Å². The van der Waals surface area contributed by atoms with Crippen molar-refractivity contribution in [1.29, 1.82) is 0 Å². The van der Waals surface area contributed by atoms with Crippen molar-refractivity contribution in [3.8, 4) is 11.8 Å². The lowest BCUT2D eigenvalue weighted by Gasteiger charge is -2.30. The van der Waals surface area contributed by atoms with Gasteiger partial charge in [0.15, 0.2) is 0 Å². The first kappa shape index (κ1) is 12.6. The fourth-order valence-corrected chi connectivity index (χ4v) is 2.85. The highest BCUT2D eigenvalue weighted by molar-refractivity contribution is 5.88. The molecule has 5 unspecified atom stereocenters. The van der Waals surface area contributed by atoms with Crippen molar-refractivity contribution in [2.75, 3.05) is 0 Å². The number of unbranched alkanes of at least 4 members (excludes halogenated alkanes) is 1. The third kappa shape index (κ3) is 2.53. The highest BCUT2D eigenvalue weighted by atomic mass is 16.3. The van der Waals surface area contributed by atoms with Gasteiger partial charge >= 0.3 is 0 Å². The third-order valence-electron chi connectivity index (χ3n) is 3.99. The molecule has 0 radical (unpaired) electrons. The molecule has 2 fully saturated rings. The summed E-state index contributed by atoms with van der Waals surface area (Å²) in [5.41, 5.74) is 0. The summed E-state index contributed by atoms with van der Waals surface area (Å²) in [6.07, 6.45) is 2.76. The molecule has 2 N–H and O–H groups in total. The van der Waals surface area contributed by atoms with Crippen LogP contribution in [0.4, 0.5) is 0 Å². The summed E-state index contributed by atoms with van der Waals surface area (Å²) < 4.78 is 0. The molecule has 3 heteroatoms. The second-order valence-corrected chi connectivity index (χ2v) is 5.22. The molecule has 0 saturated heterocycles. The summed E-state index contributed by atoms with van der Waals surface area (Å²) in [6.45, 7) is 2.07. The first-order valence-electron chi connectivity index (χ1n) is 6.53. The molecule has 17 heavy (non-hydrogen) atoms. The first-order valence-corrected chi connectivity index (χ1v) is 6.53. The molecule has 5 atom stereocenters. The van der Waals surface area contributed by atoms with Crippen molar-refractivity contribution in [3.05, 3.63) is 0 Å². The Labute approximate surface area is 102 Å². The van der Waals surface area contributed by atoms with Crippen LogP contribution in [0.5, 0.6) is 0 Å². The van der Waals surface area contributed by atoms with Gasteiger partial charge in [0.2, 0.25) is 0 Å². The number of ketones is 1. The number of Topliss-reactive ketones (excluding diaryl/α,β-unsaturated/α-hetero) is 1. The molecule has 2 aliphatic carbocycles. The summed E-state index contributed by atoms with van der Waals surface area (Å²) in [5.74, 6) is 6.26. The standard InChI is InChI=1S/C14H20O3/c1-2-3-4-9(15)5-6-10-11-7-14(17)12(11)8-13(10)16/h9-13,15-16H,2-4,7-8H2,1H3. The Morgan fingerprint density at radius 1 is 1.53 bits per heavy atom. The van der Waals surface area contributed by atoms with Gasteiger partial charge in [0.25, 0.3) is 0 Å². The van der Waals surface area contributed by atoms with Crippen LogP contribution in [-0.2, 0) is 4.79 Å². The van der Waals surface area contributed by atoms with E-state index in [1.54, 1.807) is 0 Å². The Morgan fingerprint density at radius 2 is 2.29 bits per heavy atom. The van der Waals surface area contributed by atoms with Crippen LogP contribution in [-0.4, -0.2) is 28.2 Å². The van der Waals surface area contributed by atoms with Crippen LogP contribution < -0.4 is 0 Å². The van der Waals surface area contributed by atoms with Gasteiger partial charge in [-0.15, -0.1) is 0 Å². The van der Waals surface area contributed by atoms with E-state index in [2.05, 4.69) is 18.8 Å². The van der Waals surface area contributed by atoms with Crippen LogP contribution >= 0.6 is 0 Å². The van der Waals surface area contributed by atoms with Crippen LogP contribution in [0.25, 0.3) is 0 Å². The van der Waals surface area contributed by atoms with E-state index in [1.807, 2.05) is 0 Å². The fourth-order valence-electron chi connectivity index (χ4n) is 2.85. The Bertz CT molecular complexity index is 352. The van der Waals surface area contributed by atoms with Gasteiger partial charge in [-0.25, -0.2) is 0 Å². The summed E-state index contributed by atoms with van der Waals surface area (Å²) in [7, 11) is 0. The van der Waals surface area contributed by atoms with E-state index in [0.29, 0.717) is 19.3 Å². The molecule has 0 aliphatic heterocycles. The minimum atomic E-state index is -0.586. The lowest BCUT2D eigenvalue weighted by atomic mass is 9.71. The maximum absolute atomic E-state index is 11.3. The molecule has 0 aromatic heterocycles. The Kier molecular flexibility index (Phi) is 3.86. The maximum atomic E-state index is 11.3. The minimum absolute atomic E-state index is 0.0390. The molecule has 2 rings (SSSR count). The number of hydrogen-bond donors (Lipinski definition) is 2. The lowest BCUT2D eigenvalue weighted by Crippen LogP contribution is -2.35. The molecular formula is C14H20O3. The van der Waals surface area contributed by atoms with Crippen LogP contribution in [0.1, 0.15) is 39.0 Å². The fraction of sp³-hybridized carbons (Fsp3) is 0.786. The van der Waals surface area contributed by atoms with Gasteiger partial charge in [0.1, 0.15) is 11.9 Å². The highest BCUT2D eigenvalue weighted by Gasteiger charge is 2.52. The van der Waals surface area contributed by atoms with Gasteiger partial charge in [0, 0.05) is 12.3 Å². The topological polar surface area (TPSA) is 57.5 Å². The Hall–Kier alpha value is -0.850. The van der Waals surface area contributed by atoms with E-state index in [4.69, 9.17) is 0 Å². The van der Waals surface area contributed by atoms with Crippen molar-refractivity contribution < 1.29 is 15.0 Å². The van der Waals surface area contributed by atoms with E-state index in [1.165, 1.54) is 0 Å². The summed E-state index contributed by atoms with van der Waals surface area (Å²) >= 11 is 0. The number of rotatable bonds is 3. The second kappa shape index (κ2) is 5.20. The van der Waals surface area contributed by atoms with Crippen molar-refractivity contribution in [2.45, 2.75) is 51.2 Å². The lowest BCUT2D eigenvalue weighted by molar-refractivity contribution is -0.133. The zero-order valence-electron chi connectivity index (χ0n) is 10.2. The van der Waals surface area contributed by atoms with Crippen LogP contribution in [0.15, 0.2) is 0 Å². The van der Waals surface area contributed by atoms with Crippen LogP contribution in [0, 0.1) is 29.6 Å². The van der Waals surface area contributed by atoms with Crippen LogP contribution in [0.2, 0.25) is 0 Å². The van der Waals surface area contributed by atoms with Crippen molar-refractivity contribution in [1.82, 2.24) is 0 Å². The normalized spacial score (nSPS) is 36.8. The molecule has 94 valence electrons. The van der Waals surface area contributed by atoms with Gasteiger partial charge in [-0.1, -0.05) is 31.6 Å². The average molecular weight is 236 g/mol. The summed E-state index contributed by atoms with van der Waals surface area (Å²) in [5, 5.41) is 19.5. The number of aliphatic hydroxyl groups is 2. The second-order valence-electron chi connectivity index (χ2n) is 5.22. The van der Waals surface area contributed by atoms with Crippen molar-refractivity contribution in [3.63, 3.8) is 0 Å². The van der Waals surface area contributed by atoms with E-state index in [0.717, 1.165) is 12.8 Å². The molecule has 0 aromatic rings. The molecule has 0 bridgehead atoms. The first-order chi connectivity index (χ1) is 8.13. The monoisotopic (exact) mass is 236 g/mol. The number of fused-ring (bicyclic) bond motifs is 1. The SMILES string of the molecule is CCCCC(O)C#CC1C(O)CC2C(=O)CC21.